The molecule has 0 bridgehead atoms. The summed E-state index contributed by atoms with van der Waals surface area (Å²) in [5.74, 6) is -1.03. The first-order valence-corrected chi connectivity index (χ1v) is 5.18. The van der Waals surface area contributed by atoms with Gasteiger partial charge in [-0.25, -0.2) is 14.3 Å². The molecule has 0 fully saturated rings. The first-order chi connectivity index (χ1) is 7.65. The summed E-state index contributed by atoms with van der Waals surface area (Å²) in [7, 11) is 1.54. The van der Waals surface area contributed by atoms with Gasteiger partial charge < -0.3 is 9.84 Å². The molecule has 0 aliphatic carbocycles. The molecule has 6 nitrogen and oxygen atoms in total. The van der Waals surface area contributed by atoms with Crippen LogP contribution in [0.25, 0.3) is 5.65 Å². The predicted octanol–water partition coefficient (Wildman–Crippen LogP) is 1.34. The third kappa shape index (κ3) is 1.68. The maximum atomic E-state index is 11.0. The van der Waals surface area contributed by atoms with E-state index in [0.717, 1.165) is 0 Å². The number of ether oxygens (including phenoxy) is 1. The second-order valence-corrected chi connectivity index (χ2v) is 3.82. The van der Waals surface area contributed by atoms with Crippen LogP contribution in [0.3, 0.4) is 0 Å². The fourth-order valence-electron chi connectivity index (χ4n) is 1.36. The zero-order valence-electron chi connectivity index (χ0n) is 8.35. The van der Waals surface area contributed by atoms with Gasteiger partial charge in [0.15, 0.2) is 5.65 Å². The van der Waals surface area contributed by atoms with E-state index in [1.54, 1.807) is 7.11 Å². The third-order valence-corrected chi connectivity index (χ3v) is 2.83. The highest BCUT2D eigenvalue weighted by molar-refractivity contribution is 9.10. The number of carboxylic acids is 1. The van der Waals surface area contributed by atoms with Gasteiger partial charge in [0, 0.05) is 13.3 Å². The number of imidazole rings is 1. The van der Waals surface area contributed by atoms with Crippen LogP contribution in [0.4, 0.5) is 0 Å². The molecule has 0 aliphatic heterocycles. The van der Waals surface area contributed by atoms with Crippen molar-refractivity contribution in [2.24, 2.45) is 0 Å². The van der Waals surface area contributed by atoms with E-state index in [0.29, 0.717) is 22.6 Å². The van der Waals surface area contributed by atoms with E-state index in [-0.39, 0.29) is 5.56 Å². The van der Waals surface area contributed by atoms with Crippen molar-refractivity contribution in [3.05, 3.63) is 28.1 Å². The highest BCUT2D eigenvalue weighted by atomic mass is 79.9. The van der Waals surface area contributed by atoms with Crippen LogP contribution >= 0.6 is 15.9 Å². The van der Waals surface area contributed by atoms with E-state index in [1.165, 1.54) is 16.8 Å². The van der Waals surface area contributed by atoms with E-state index in [4.69, 9.17) is 9.84 Å². The van der Waals surface area contributed by atoms with Gasteiger partial charge in [-0.05, 0) is 22.0 Å². The maximum Gasteiger partial charge on any atom is 0.339 e. The molecule has 84 valence electrons. The minimum absolute atomic E-state index is 0.109. The molecule has 0 aliphatic rings. The van der Waals surface area contributed by atoms with Crippen LogP contribution in [0, 0.1) is 0 Å². The number of aromatic nitrogens is 3. The number of hydrogen-bond acceptors (Lipinski definition) is 4. The molecular weight excluding hydrogens is 278 g/mol. The lowest BCUT2D eigenvalue weighted by Gasteiger charge is -1.96. The molecule has 0 spiro atoms. The van der Waals surface area contributed by atoms with Crippen LogP contribution in [0.15, 0.2) is 16.9 Å². The van der Waals surface area contributed by atoms with Gasteiger partial charge in [0.25, 0.3) is 0 Å². The zero-order valence-corrected chi connectivity index (χ0v) is 9.93. The number of aromatic carboxylic acids is 1. The number of carboxylic acid groups (broad SMARTS) is 1. The topological polar surface area (TPSA) is 76.7 Å². The first-order valence-electron chi connectivity index (χ1n) is 4.39. The van der Waals surface area contributed by atoms with Gasteiger partial charge in [-0.15, -0.1) is 0 Å². The Kier molecular flexibility index (Phi) is 2.88. The summed E-state index contributed by atoms with van der Waals surface area (Å²) < 4.78 is 6.99. The first kappa shape index (κ1) is 11.0. The maximum absolute atomic E-state index is 11.0. The second-order valence-electron chi connectivity index (χ2n) is 3.07. The summed E-state index contributed by atoms with van der Waals surface area (Å²) in [6, 6.07) is 1.41. The van der Waals surface area contributed by atoms with Crippen molar-refractivity contribution in [1.82, 2.24) is 14.6 Å². The van der Waals surface area contributed by atoms with Gasteiger partial charge >= 0.3 is 5.97 Å². The van der Waals surface area contributed by atoms with E-state index < -0.39 is 5.97 Å². The Labute approximate surface area is 99.0 Å². The Bertz CT molecular complexity index is 552. The van der Waals surface area contributed by atoms with Gasteiger partial charge in [0.2, 0.25) is 0 Å². The van der Waals surface area contributed by atoms with Gasteiger partial charge in [-0.1, -0.05) is 0 Å². The third-order valence-electron chi connectivity index (χ3n) is 2.04. The van der Waals surface area contributed by atoms with Crippen molar-refractivity contribution in [2.45, 2.75) is 6.61 Å². The normalized spacial score (nSPS) is 10.9. The Morgan fingerprint density at radius 2 is 2.44 bits per heavy atom. The van der Waals surface area contributed by atoms with E-state index >= 15 is 0 Å². The number of rotatable bonds is 3. The van der Waals surface area contributed by atoms with Crippen LogP contribution in [0.5, 0.6) is 0 Å². The molecule has 7 heteroatoms. The number of methoxy groups -OCH3 is 1. The van der Waals surface area contributed by atoms with Crippen molar-refractivity contribution >= 4 is 27.5 Å². The minimum Gasteiger partial charge on any atom is -0.478 e. The summed E-state index contributed by atoms with van der Waals surface area (Å²) in [4.78, 5) is 15.1. The number of fused-ring (bicyclic) bond motifs is 1. The lowest BCUT2D eigenvalue weighted by molar-refractivity contribution is 0.0698. The monoisotopic (exact) mass is 285 g/mol. The fraction of sp³-hybridized carbons (Fsp3) is 0.222. The standard InChI is InChI=1S/C9H8BrN3O3/c1-16-4-6-7(10)13-8(12-6)5(9(14)15)2-3-11-13/h2-3H,4H2,1H3,(H,14,15). The van der Waals surface area contributed by atoms with Crippen molar-refractivity contribution in [1.29, 1.82) is 0 Å². The molecule has 16 heavy (non-hydrogen) atoms. The van der Waals surface area contributed by atoms with E-state index in [1.807, 2.05) is 0 Å². The molecular formula is C9H8BrN3O3. The van der Waals surface area contributed by atoms with Crippen molar-refractivity contribution in [2.75, 3.05) is 7.11 Å². The average molecular weight is 286 g/mol. The Morgan fingerprint density at radius 3 is 3.06 bits per heavy atom. The molecule has 0 radical (unpaired) electrons. The molecule has 1 N–H and O–H groups in total. The largest absolute Gasteiger partial charge is 0.478 e. The predicted molar refractivity (Wildman–Crippen MR) is 58.4 cm³/mol. The molecule has 2 aromatic heterocycles. The average Bonchev–Trinajstić information content (AvgIpc) is 2.57. The molecule has 2 rings (SSSR count). The summed E-state index contributed by atoms with van der Waals surface area (Å²) in [6.07, 6.45) is 1.42. The van der Waals surface area contributed by atoms with Gasteiger partial charge in [-0.2, -0.15) is 5.10 Å². The summed E-state index contributed by atoms with van der Waals surface area (Å²) >= 11 is 3.30. The second kappa shape index (κ2) is 4.18. The van der Waals surface area contributed by atoms with Crippen LogP contribution in [-0.2, 0) is 11.3 Å². The lowest BCUT2D eigenvalue weighted by Crippen LogP contribution is -2.02. The van der Waals surface area contributed by atoms with Crippen molar-refractivity contribution in [3.63, 3.8) is 0 Å². The molecule has 2 aromatic rings. The van der Waals surface area contributed by atoms with Crippen molar-refractivity contribution in [3.8, 4) is 0 Å². The quantitative estimate of drug-likeness (QED) is 0.921. The number of carbonyl (C=O) groups is 1. The zero-order chi connectivity index (χ0) is 11.7. The Hall–Kier alpha value is -1.47. The lowest BCUT2D eigenvalue weighted by atomic mass is 10.3. The van der Waals surface area contributed by atoms with E-state index in [9.17, 15) is 4.79 Å². The van der Waals surface area contributed by atoms with Gasteiger partial charge in [0.05, 0.1) is 6.61 Å². The van der Waals surface area contributed by atoms with Crippen LogP contribution in [0.1, 0.15) is 16.1 Å². The van der Waals surface area contributed by atoms with Crippen LogP contribution < -0.4 is 0 Å². The molecule has 0 atom stereocenters. The Morgan fingerprint density at radius 1 is 1.69 bits per heavy atom. The van der Waals surface area contributed by atoms with Gasteiger partial charge in [-0.3, -0.25) is 0 Å². The molecule has 0 saturated carbocycles. The van der Waals surface area contributed by atoms with Gasteiger partial charge in [0.1, 0.15) is 15.9 Å². The van der Waals surface area contributed by atoms with E-state index in [2.05, 4.69) is 26.0 Å². The highest BCUT2D eigenvalue weighted by Gasteiger charge is 2.16. The summed E-state index contributed by atoms with van der Waals surface area (Å²) in [5, 5.41) is 13.0. The SMILES string of the molecule is COCc1nc2c(C(=O)O)ccnn2c1Br. The van der Waals surface area contributed by atoms with Crippen LogP contribution in [0.2, 0.25) is 0 Å². The molecule has 0 aromatic carbocycles. The smallest absolute Gasteiger partial charge is 0.339 e. The molecule has 2 heterocycles. The van der Waals surface area contributed by atoms with Crippen molar-refractivity contribution < 1.29 is 14.6 Å². The fourth-order valence-corrected chi connectivity index (χ4v) is 1.82. The minimum atomic E-state index is -1.03. The number of halogens is 1. The highest BCUT2D eigenvalue weighted by Crippen LogP contribution is 2.20. The Balaban J connectivity index is 2.70. The summed E-state index contributed by atoms with van der Waals surface area (Å²) in [5.41, 5.74) is 1.02. The number of nitrogens with zero attached hydrogens (tertiary/aromatic N) is 3. The molecule has 0 unspecified atom stereocenters. The van der Waals surface area contributed by atoms with Crippen LogP contribution in [-0.4, -0.2) is 32.8 Å². The number of hydrogen-bond donors (Lipinski definition) is 1. The molecule has 0 saturated heterocycles. The molecule has 0 amide bonds. The summed E-state index contributed by atoms with van der Waals surface area (Å²) in [6.45, 7) is 0.295.